The smallest absolute Gasteiger partial charge is 0.285 e. The second kappa shape index (κ2) is 8.85. The zero-order valence-corrected chi connectivity index (χ0v) is 19.6. The first-order valence-corrected chi connectivity index (χ1v) is 12.5. The van der Waals surface area contributed by atoms with Crippen LogP contribution >= 0.6 is 0 Å². The fourth-order valence-corrected chi connectivity index (χ4v) is 5.53. The number of anilines is 1. The van der Waals surface area contributed by atoms with E-state index in [0.717, 1.165) is 12.0 Å². The first-order valence-electron chi connectivity index (χ1n) is 11.0. The van der Waals surface area contributed by atoms with E-state index in [2.05, 4.69) is 14.7 Å². The number of carbonyl (C=O) groups excluding carboxylic acids is 1. The van der Waals surface area contributed by atoms with Gasteiger partial charge in [-0.3, -0.25) is 4.79 Å². The lowest BCUT2D eigenvalue weighted by atomic mass is 10.1. The highest BCUT2D eigenvalue weighted by molar-refractivity contribution is 7.90. The van der Waals surface area contributed by atoms with Crippen LogP contribution in [0.2, 0.25) is 0 Å². The Morgan fingerprint density at radius 3 is 2.83 bits per heavy atom. The Labute approximate surface area is 202 Å². The number of fused-ring (bicyclic) bond motifs is 1. The fourth-order valence-electron chi connectivity index (χ4n) is 4.31. The van der Waals surface area contributed by atoms with Crippen molar-refractivity contribution in [3.63, 3.8) is 0 Å². The zero-order chi connectivity index (χ0) is 24.6. The Kier molecular flexibility index (Phi) is 5.70. The van der Waals surface area contributed by atoms with Crippen LogP contribution in [0.25, 0.3) is 0 Å². The predicted molar refractivity (Wildman–Crippen MR) is 129 cm³/mol. The number of rotatable bonds is 4. The van der Waals surface area contributed by atoms with Crippen molar-refractivity contribution in [2.45, 2.75) is 30.7 Å². The molecule has 176 valence electrons. The maximum Gasteiger partial charge on any atom is 0.285 e. The quantitative estimate of drug-likeness (QED) is 0.596. The van der Waals surface area contributed by atoms with Crippen LogP contribution in [0.15, 0.2) is 70.1 Å². The molecule has 0 radical (unpaired) electrons. The number of benzene rings is 2. The molecule has 3 aromatic rings. The summed E-state index contributed by atoms with van der Waals surface area (Å²) >= 11 is 0. The Bertz CT molecular complexity index is 1510. The van der Waals surface area contributed by atoms with Crippen LogP contribution in [-0.4, -0.2) is 42.6 Å². The average Bonchev–Trinajstić information content (AvgIpc) is 3.44. The van der Waals surface area contributed by atoms with E-state index in [1.54, 1.807) is 59.6 Å². The number of nitrogens with one attached hydrogen (secondary N) is 1. The highest BCUT2D eigenvalue weighted by atomic mass is 32.2. The van der Waals surface area contributed by atoms with E-state index in [-0.39, 0.29) is 16.7 Å². The molecule has 0 unspecified atom stereocenters. The van der Waals surface area contributed by atoms with Crippen molar-refractivity contribution in [2.24, 2.45) is 4.40 Å². The van der Waals surface area contributed by atoms with Gasteiger partial charge in [-0.1, -0.05) is 12.1 Å². The van der Waals surface area contributed by atoms with Gasteiger partial charge >= 0.3 is 0 Å². The summed E-state index contributed by atoms with van der Waals surface area (Å²) in [5.41, 5.74) is 2.22. The van der Waals surface area contributed by atoms with E-state index < -0.39 is 16.1 Å². The van der Waals surface area contributed by atoms with Crippen molar-refractivity contribution >= 4 is 27.5 Å². The number of pyridine rings is 1. The van der Waals surface area contributed by atoms with Crippen LogP contribution in [0.4, 0.5) is 5.69 Å². The summed E-state index contributed by atoms with van der Waals surface area (Å²) in [5.74, 6) is 0.781. The van der Waals surface area contributed by atoms with Crippen molar-refractivity contribution < 1.29 is 17.9 Å². The molecule has 9 nitrogen and oxygen atoms in total. The summed E-state index contributed by atoms with van der Waals surface area (Å²) in [4.78, 5) is 19.3. The molecule has 35 heavy (non-hydrogen) atoms. The minimum absolute atomic E-state index is 0.167. The summed E-state index contributed by atoms with van der Waals surface area (Å²) in [6.07, 6.45) is 2.88. The van der Waals surface area contributed by atoms with E-state index in [4.69, 9.17) is 4.74 Å². The van der Waals surface area contributed by atoms with E-state index in [1.165, 1.54) is 6.07 Å². The number of amides is 1. The molecule has 1 saturated heterocycles. The lowest BCUT2D eigenvalue weighted by molar-refractivity contribution is -0.119. The van der Waals surface area contributed by atoms with Gasteiger partial charge in [-0.25, -0.2) is 4.98 Å². The molecule has 0 aliphatic carbocycles. The molecule has 1 fully saturated rings. The maximum absolute atomic E-state index is 13.2. The second-order valence-corrected chi connectivity index (χ2v) is 9.85. The summed E-state index contributed by atoms with van der Waals surface area (Å²) in [7, 11) is -3.77. The first kappa shape index (κ1) is 22.6. The number of aromatic nitrogens is 1. The lowest BCUT2D eigenvalue weighted by Gasteiger charge is -2.26. The third-order valence-corrected chi connectivity index (χ3v) is 7.33. The third kappa shape index (κ3) is 4.22. The van der Waals surface area contributed by atoms with Crippen LogP contribution in [-0.2, 0) is 14.8 Å². The molecule has 2 aromatic carbocycles. The van der Waals surface area contributed by atoms with Crippen molar-refractivity contribution in [2.75, 3.05) is 11.9 Å². The van der Waals surface area contributed by atoms with E-state index in [9.17, 15) is 18.5 Å². The molecule has 1 amide bonds. The number of aryl methyl sites for hydroxylation is 1. The molecule has 0 spiro atoms. The Morgan fingerprint density at radius 1 is 1.20 bits per heavy atom. The molecule has 0 bridgehead atoms. The van der Waals surface area contributed by atoms with Gasteiger partial charge in [0.05, 0.1) is 0 Å². The molecule has 0 saturated carbocycles. The minimum atomic E-state index is -3.77. The summed E-state index contributed by atoms with van der Waals surface area (Å²) in [6, 6.07) is 16.6. The summed E-state index contributed by atoms with van der Waals surface area (Å²) in [5, 5.41) is 12.2. The van der Waals surface area contributed by atoms with Gasteiger partial charge in [0.2, 0.25) is 11.8 Å². The van der Waals surface area contributed by atoms with Crippen molar-refractivity contribution in [3.05, 3.63) is 77.5 Å². The Morgan fingerprint density at radius 2 is 2.03 bits per heavy atom. The molecule has 1 N–H and O–H groups in total. The van der Waals surface area contributed by atoms with Gasteiger partial charge < -0.3 is 15.0 Å². The molecular weight excluding hydrogens is 466 g/mol. The largest absolute Gasteiger partial charge is 0.438 e. The number of nitriles is 1. The first-order chi connectivity index (χ1) is 16.9. The standard InChI is InChI=1S/C25H21N5O4S/c1-16-14-18(34-25-17(15-26)6-4-12-27-25)10-11-20(16)28-24(31)21-8-5-13-30(21)23-19-7-2-3-9-22(19)35(32,33)29-23/h2-4,6-7,9-12,14,21H,5,8,13H2,1H3,(H,28,31)/t21-/m0/s1. The number of likely N-dealkylation sites (tertiary alicyclic amines) is 1. The molecule has 1 atom stereocenters. The molecule has 10 heteroatoms. The Hall–Kier alpha value is -4.23. The van der Waals surface area contributed by atoms with Gasteiger partial charge in [0.1, 0.15) is 28.3 Å². The van der Waals surface area contributed by atoms with E-state index in [0.29, 0.717) is 41.4 Å². The lowest BCUT2D eigenvalue weighted by Crippen LogP contribution is -2.43. The highest BCUT2D eigenvalue weighted by Gasteiger charge is 2.39. The Balaban J connectivity index is 1.34. The number of amidine groups is 1. The van der Waals surface area contributed by atoms with Crippen LogP contribution in [0.3, 0.4) is 0 Å². The van der Waals surface area contributed by atoms with Gasteiger partial charge in [-0.15, -0.1) is 4.40 Å². The number of sulfonamides is 1. The molecule has 5 rings (SSSR count). The van der Waals surface area contributed by atoms with Crippen molar-refractivity contribution in [1.29, 1.82) is 5.26 Å². The van der Waals surface area contributed by atoms with Crippen molar-refractivity contribution in [1.82, 2.24) is 9.88 Å². The molecule has 2 aliphatic heterocycles. The number of ether oxygens (including phenoxy) is 1. The predicted octanol–water partition coefficient (Wildman–Crippen LogP) is 3.61. The highest BCUT2D eigenvalue weighted by Crippen LogP contribution is 2.32. The topological polar surface area (TPSA) is 125 Å². The number of nitrogens with zero attached hydrogens (tertiary/aromatic N) is 4. The maximum atomic E-state index is 13.2. The van der Waals surface area contributed by atoms with Crippen molar-refractivity contribution in [3.8, 4) is 17.7 Å². The van der Waals surface area contributed by atoms with Gasteiger partial charge in [-0.2, -0.15) is 13.7 Å². The van der Waals surface area contributed by atoms with Gasteiger partial charge in [0.15, 0.2) is 5.84 Å². The molecule has 3 heterocycles. The summed E-state index contributed by atoms with van der Waals surface area (Å²) < 4.78 is 34.7. The minimum Gasteiger partial charge on any atom is -0.438 e. The second-order valence-electron chi connectivity index (χ2n) is 8.27. The van der Waals surface area contributed by atoms with E-state index in [1.807, 2.05) is 13.0 Å². The average molecular weight is 488 g/mol. The SMILES string of the molecule is Cc1cc(Oc2ncccc2C#N)ccc1NC(=O)[C@@H]1CCCN1C1=NS(=O)(=O)c2ccccc21. The number of hydrogen-bond donors (Lipinski definition) is 1. The van der Waals surface area contributed by atoms with Gasteiger partial charge in [0, 0.05) is 24.0 Å². The monoisotopic (exact) mass is 487 g/mol. The number of carbonyl (C=O) groups is 1. The fraction of sp³-hybridized carbons (Fsp3) is 0.200. The molecule has 2 aliphatic rings. The van der Waals surface area contributed by atoms with Crippen LogP contribution in [0.5, 0.6) is 11.6 Å². The third-order valence-electron chi connectivity index (χ3n) is 6.00. The zero-order valence-electron chi connectivity index (χ0n) is 18.8. The summed E-state index contributed by atoms with van der Waals surface area (Å²) in [6.45, 7) is 2.38. The van der Waals surface area contributed by atoms with Gasteiger partial charge in [0.25, 0.3) is 10.0 Å². The molecule has 1 aromatic heterocycles. The van der Waals surface area contributed by atoms with Crippen LogP contribution in [0, 0.1) is 18.3 Å². The van der Waals surface area contributed by atoms with Crippen LogP contribution < -0.4 is 10.1 Å². The van der Waals surface area contributed by atoms with Crippen LogP contribution in [0.1, 0.15) is 29.5 Å². The molecular formula is C25H21N5O4S. The van der Waals surface area contributed by atoms with E-state index >= 15 is 0 Å². The number of hydrogen-bond acceptors (Lipinski definition) is 7. The normalized spacial score (nSPS) is 17.9. The van der Waals surface area contributed by atoms with Gasteiger partial charge in [-0.05, 0) is 67.8 Å².